The summed E-state index contributed by atoms with van der Waals surface area (Å²) in [6, 6.07) is 15.1. The Morgan fingerprint density at radius 3 is 2.37 bits per heavy atom. The molecule has 30 heavy (non-hydrogen) atoms. The number of aryl methyl sites for hydroxylation is 1. The number of hydrogen-bond donors (Lipinski definition) is 1. The van der Waals surface area contributed by atoms with Crippen molar-refractivity contribution >= 4 is 21.6 Å². The SMILES string of the molecule is Cc1ccc(NC(=O)CN(C)Cc2ccccc2)cc1S(=O)(=O)N1CCCCCC1. The van der Waals surface area contributed by atoms with Crippen molar-refractivity contribution in [3.63, 3.8) is 0 Å². The largest absolute Gasteiger partial charge is 0.325 e. The molecule has 6 nitrogen and oxygen atoms in total. The quantitative estimate of drug-likeness (QED) is 0.730. The monoisotopic (exact) mass is 429 g/mol. The zero-order chi connectivity index (χ0) is 21.6. The smallest absolute Gasteiger partial charge is 0.243 e. The Labute approximate surface area is 179 Å². The highest BCUT2D eigenvalue weighted by Gasteiger charge is 2.27. The highest BCUT2D eigenvalue weighted by atomic mass is 32.2. The molecule has 1 fully saturated rings. The fraction of sp³-hybridized carbons (Fsp3) is 0.435. The molecule has 3 rings (SSSR count). The van der Waals surface area contributed by atoms with E-state index in [0.717, 1.165) is 31.2 Å². The van der Waals surface area contributed by atoms with Gasteiger partial charge >= 0.3 is 0 Å². The van der Waals surface area contributed by atoms with Crippen molar-refractivity contribution in [2.75, 3.05) is 32.0 Å². The Morgan fingerprint density at radius 2 is 1.70 bits per heavy atom. The first-order valence-electron chi connectivity index (χ1n) is 10.5. The Kier molecular flexibility index (Phi) is 7.64. The van der Waals surface area contributed by atoms with Crippen molar-refractivity contribution in [3.05, 3.63) is 59.7 Å². The molecule has 7 heteroatoms. The average molecular weight is 430 g/mol. The van der Waals surface area contributed by atoms with Crippen LogP contribution in [0.15, 0.2) is 53.4 Å². The second-order valence-electron chi connectivity index (χ2n) is 8.00. The van der Waals surface area contributed by atoms with Gasteiger partial charge in [-0.25, -0.2) is 8.42 Å². The molecule has 0 spiro atoms. The molecule has 0 saturated carbocycles. The number of hydrogen-bond acceptors (Lipinski definition) is 4. The van der Waals surface area contributed by atoms with Crippen LogP contribution >= 0.6 is 0 Å². The molecule has 0 unspecified atom stereocenters. The molecule has 0 aliphatic carbocycles. The predicted octanol–water partition coefficient (Wildman–Crippen LogP) is 3.63. The van der Waals surface area contributed by atoms with E-state index in [9.17, 15) is 13.2 Å². The van der Waals surface area contributed by atoms with E-state index in [1.807, 2.05) is 42.3 Å². The first-order valence-corrected chi connectivity index (χ1v) is 11.9. The summed E-state index contributed by atoms with van der Waals surface area (Å²) >= 11 is 0. The Balaban J connectivity index is 1.67. The van der Waals surface area contributed by atoms with Gasteiger partial charge in [0.2, 0.25) is 15.9 Å². The number of nitrogens with zero attached hydrogens (tertiary/aromatic N) is 2. The Hall–Kier alpha value is -2.22. The van der Waals surface area contributed by atoms with E-state index < -0.39 is 10.0 Å². The molecule has 1 aliphatic heterocycles. The van der Waals surface area contributed by atoms with Gasteiger partial charge in [-0.05, 0) is 50.1 Å². The summed E-state index contributed by atoms with van der Waals surface area (Å²) in [4.78, 5) is 14.7. The molecule has 2 aromatic rings. The van der Waals surface area contributed by atoms with Crippen molar-refractivity contribution < 1.29 is 13.2 Å². The highest BCUT2D eigenvalue weighted by Crippen LogP contribution is 2.25. The lowest BCUT2D eigenvalue weighted by molar-refractivity contribution is -0.117. The minimum Gasteiger partial charge on any atom is -0.325 e. The number of amides is 1. The molecule has 1 saturated heterocycles. The number of likely N-dealkylation sites (N-methyl/N-ethyl adjacent to an activating group) is 1. The van der Waals surface area contributed by atoms with Gasteiger partial charge in [-0.2, -0.15) is 4.31 Å². The molecule has 0 aromatic heterocycles. The summed E-state index contributed by atoms with van der Waals surface area (Å²) in [5.41, 5.74) is 2.33. The predicted molar refractivity (Wildman–Crippen MR) is 120 cm³/mol. The Bertz CT molecular complexity index is 953. The number of anilines is 1. The van der Waals surface area contributed by atoms with Crippen LogP contribution in [0.25, 0.3) is 0 Å². The van der Waals surface area contributed by atoms with Gasteiger partial charge in [0.1, 0.15) is 0 Å². The molecule has 1 N–H and O–H groups in total. The molecule has 1 heterocycles. The van der Waals surface area contributed by atoms with E-state index in [4.69, 9.17) is 0 Å². The molecule has 1 aliphatic rings. The van der Waals surface area contributed by atoms with Crippen LogP contribution in [-0.4, -0.2) is 50.2 Å². The molecular weight excluding hydrogens is 398 g/mol. The van der Waals surface area contributed by atoms with Gasteiger partial charge in [0, 0.05) is 25.3 Å². The molecule has 1 amide bonds. The minimum absolute atomic E-state index is 0.171. The van der Waals surface area contributed by atoms with Gasteiger partial charge < -0.3 is 5.32 Å². The van der Waals surface area contributed by atoms with Gasteiger partial charge in [0.05, 0.1) is 11.4 Å². The van der Waals surface area contributed by atoms with Crippen LogP contribution < -0.4 is 5.32 Å². The fourth-order valence-corrected chi connectivity index (χ4v) is 5.54. The number of rotatable bonds is 7. The first-order chi connectivity index (χ1) is 14.4. The summed E-state index contributed by atoms with van der Waals surface area (Å²) in [6.07, 6.45) is 3.92. The zero-order valence-electron chi connectivity index (χ0n) is 17.8. The van der Waals surface area contributed by atoms with E-state index in [2.05, 4.69) is 5.32 Å². The molecule has 0 bridgehead atoms. The standard InChI is InChI=1S/C23H31N3O3S/c1-19-12-13-21(16-22(19)30(28,29)26-14-8-3-4-9-15-26)24-23(27)18-25(2)17-20-10-6-5-7-11-20/h5-7,10-13,16H,3-4,8-9,14-15,17-18H2,1-2H3,(H,24,27). The van der Waals surface area contributed by atoms with E-state index >= 15 is 0 Å². The van der Waals surface area contributed by atoms with E-state index in [0.29, 0.717) is 30.9 Å². The van der Waals surface area contributed by atoms with Crippen LogP contribution in [0.1, 0.15) is 36.8 Å². The lowest BCUT2D eigenvalue weighted by atomic mass is 10.2. The third kappa shape index (κ3) is 5.90. The van der Waals surface area contributed by atoms with Crippen molar-refractivity contribution in [1.29, 1.82) is 0 Å². The van der Waals surface area contributed by atoms with Crippen molar-refractivity contribution in [3.8, 4) is 0 Å². The van der Waals surface area contributed by atoms with Gasteiger partial charge in [0.25, 0.3) is 0 Å². The van der Waals surface area contributed by atoms with Crippen LogP contribution in [0.4, 0.5) is 5.69 Å². The van der Waals surface area contributed by atoms with Crippen molar-refractivity contribution in [2.45, 2.75) is 44.0 Å². The van der Waals surface area contributed by atoms with Crippen LogP contribution in [0.5, 0.6) is 0 Å². The number of benzene rings is 2. The van der Waals surface area contributed by atoms with Crippen LogP contribution in [0.2, 0.25) is 0 Å². The number of carbonyl (C=O) groups excluding carboxylic acids is 1. The second-order valence-corrected chi connectivity index (χ2v) is 9.91. The number of nitrogens with one attached hydrogen (secondary N) is 1. The zero-order valence-corrected chi connectivity index (χ0v) is 18.6. The van der Waals surface area contributed by atoms with Gasteiger partial charge in [-0.15, -0.1) is 0 Å². The maximum atomic E-state index is 13.2. The topological polar surface area (TPSA) is 69.7 Å². The summed E-state index contributed by atoms with van der Waals surface area (Å²) in [5.74, 6) is -0.171. The molecule has 0 atom stereocenters. The highest BCUT2D eigenvalue weighted by molar-refractivity contribution is 7.89. The normalized spacial score (nSPS) is 15.7. The van der Waals surface area contributed by atoms with E-state index in [1.54, 1.807) is 29.4 Å². The summed E-state index contributed by atoms with van der Waals surface area (Å²) in [5, 5.41) is 2.85. The van der Waals surface area contributed by atoms with Crippen molar-refractivity contribution in [1.82, 2.24) is 9.21 Å². The third-order valence-electron chi connectivity index (χ3n) is 5.36. The summed E-state index contributed by atoms with van der Waals surface area (Å²) in [7, 11) is -1.68. The molecule has 162 valence electrons. The summed E-state index contributed by atoms with van der Waals surface area (Å²) in [6.45, 7) is 3.79. The number of sulfonamides is 1. The lowest BCUT2D eigenvalue weighted by Crippen LogP contribution is -2.32. The average Bonchev–Trinajstić information content (AvgIpc) is 3.00. The second kappa shape index (κ2) is 10.2. The molecular formula is C23H31N3O3S. The maximum Gasteiger partial charge on any atom is 0.243 e. The molecule has 2 aromatic carbocycles. The van der Waals surface area contributed by atoms with Gasteiger partial charge in [-0.3, -0.25) is 9.69 Å². The van der Waals surface area contributed by atoms with Crippen LogP contribution in [0.3, 0.4) is 0 Å². The van der Waals surface area contributed by atoms with Crippen molar-refractivity contribution in [2.24, 2.45) is 0 Å². The van der Waals surface area contributed by atoms with Crippen LogP contribution in [-0.2, 0) is 21.4 Å². The van der Waals surface area contributed by atoms with Gasteiger partial charge in [0.15, 0.2) is 0 Å². The van der Waals surface area contributed by atoms with E-state index in [1.165, 1.54) is 0 Å². The van der Waals surface area contributed by atoms with E-state index in [-0.39, 0.29) is 17.3 Å². The van der Waals surface area contributed by atoms with Crippen LogP contribution in [0, 0.1) is 6.92 Å². The first kappa shape index (κ1) is 22.5. The summed E-state index contributed by atoms with van der Waals surface area (Å²) < 4.78 is 28.0. The lowest BCUT2D eigenvalue weighted by Gasteiger charge is -2.22. The Morgan fingerprint density at radius 1 is 1.03 bits per heavy atom. The van der Waals surface area contributed by atoms with Gasteiger partial charge in [-0.1, -0.05) is 49.2 Å². The number of carbonyl (C=O) groups is 1. The third-order valence-corrected chi connectivity index (χ3v) is 7.40. The molecule has 0 radical (unpaired) electrons. The fourth-order valence-electron chi connectivity index (χ4n) is 3.77. The maximum absolute atomic E-state index is 13.2. The minimum atomic E-state index is -3.57.